The molecule has 0 aromatic heterocycles. The smallest absolute Gasteiger partial charge is 0.232 e. The van der Waals surface area contributed by atoms with Crippen LogP contribution in [0, 0.1) is 17.8 Å². The predicted molar refractivity (Wildman–Crippen MR) is 75.8 cm³/mol. The number of rotatable bonds is 4. The number of Topliss-reactive ketones (excluding diaryl/α,β-unsaturated/α-hetero) is 1. The van der Waals surface area contributed by atoms with Gasteiger partial charge in [-0.1, -0.05) is 20.8 Å². The normalized spacial score (nSPS) is 32.5. The third-order valence-corrected chi connectivity index (χ3v) is 4.97. The highest BCUT2D eigenvalue weighted by molar-refractivity contribution is 6.03. The minimum atomic E-state index is -0.165. The van der Waals surface area contributed by atoms with Crippen LogP contribution in [0.4, 0.5) is 0 Å². The van der Waals surface area contributed by atoms with Crippen molar-refractivity contribution in [1.29, 1.82) is 0 Å². The standard InChI is InChI=1S/C16H25NO3/c1-4-10(2)15(19)12-5-7-13(8-6-12)17-14(18)9-11(3)16(17)20/h10-13H,4-9H2,1-3H3. The van der Waals surface area contributed by atoms with E-state index in [4.69, 9.17) is 0 Å². The number of ketones is 1. The molecule has 0 bridgehead atoms. The molecule has 2 atom stereocenters. The van der Waals surface area contributed by atoms with Gasteiger partial charge < -0.3 is 0 Å². The Kier molecular flexibility index (Phi) is 4.61. The van der Waals surface area contributed by atoms with Gasteiger partial charge in [0.15, 0.2) is 0 Å². The van der Waals surface area contributed by atoms with E-state index in [0.29, 0.717) is 12.2 Å². The molecule has 2 unspecified atom stereocenters. The monoisotopic (exact) mass is 279 g/mol. The summed E-state index contributed by atoms with van der Waals surface area (Å²) in [6.07, 6.45) is 4.45. The fourth-order valence-corrected chi connectivity index (χ4v) is 3.41. The topological polar surface area (TPSA) is 54.5 Å². The fraction of sp³-hybridized carbons (Fsp3) is 0.812. The second kappa shape index (κ2) is 6.06. The third kappa shape index (κ3) is 2.79. The Morgan fingerprint density at radius 1 is 1.25 bits per heavy atom. The number of hydrogen-bond acceptors (Lipinski definition) is 3. The lowest BCUT2D eigenvalue weighted by atomic mass is 9.79. The fourth-order valence-electron chi connectivity index (χ4n) is 3.41. The molecule has 2 aliphatic rings. The molecular formula is C16H25NO3. The van der Waals surface area contributed by atoms with E-state index in [2.05, 4.69) is 0 Å². The molecule has 4 nitrogen and oxygen atoms in total. The maximum Gasteiger partial charge on any atom is 0.232 e. The zero-order chi connectivity index (χ0) is 14.9. The minimum Gasteiger partial charge on any atom is -0.299 e. The summed E-state index contributed by atoms with van der Waals surface area (Å²) in [5, 5.41) is 0. The van der Waals surface area contributed by atoms with Crippen LogP contribution in [0.3, 0.4) is 0 Å². The Balaban J connectivity index is 1.93. The van der Waals surface area contributed by atoms with Crippen LogP contribution in [0.5, 0.6) is 0 Å². The summed E-state index contributed by atoms with van der Waals surface area (Å²) in [6.45, 7) is 5.85. The van der Waals surface area contributed by atoms with Crippen molar-refractivity contribution >= 4 is 17.6 Å². The van der Waals surface area contributed by atoms with Gasteiger partial charge in [-0.05, 0) is 32.1 Å². The van der Waals surface area contributed by atoms with Crippen molar-refractivity contribution in [1.82, 2.24) is 4.90 Å². The van der Waals surface area contributed by atoms with Crippen molar-refractivity contribution in [3.63, 3.8) is 0 Å². The van der Waals surface area contributed by atoms with Crippen molar-refractivity contribution in [3.05, 3.63) is 0 Å². The van der Waals surface area contributed by atoms with Crippen LogP contribution in [0.25, 0.3) is 0 Å². The Morgan fingerprint density at radius 2 is 1.85 bits per heavy atom. The Morgan fingerprint density at radius 3 is 2.30 bits per heavy atom. The average molecular weight is 279 g/mol. The van der Waals surface area contributed by atoms with Crippen LogP contribution in [0.2, 0.25) is 0 Å². The lowest BCUT2D eigenvalue weighted by molar-refractivity contribution is -0.143. The van der Waals surface area contributed by atoms with Gasteiger partial charge in [0.25, 0.3) is 0 Å². The molecule has 1 heterocycles. The first-order valence-electron chi connectivity index (χ1n) is 7.85. The maximum atomic E-state index is 12.2. The van der Waals surface area contributed by atoms with Crippen molar-refractivity contribution < 1.29 is 14.4 Å². The van der Waals surface area contributed by atoms with Gasteiger partial charge in [-0.15, -0.1) is 0 Å². The van der Waals surface area contributed by atoms with E-state index in [1.807, 2.05) is 20.8 Å². The van der Waals surface area contributed by atoms with Gasteiger partial charge >= 0.3 is 0 Å². The lowest BCUT2D eigenvalue weighted by Crippen LogP contribution is -2.43. The quantitative estimate of drug-likeness (QED) is 0.743. The highest BCUT2D eigenvalue weighted by Gasteiger charge is 2.41. The van der Waals surface area contributed by atoms with Gasteiger partial charge in [-0.25, -0.2) is 0 Å². The molecular weight excluding hydrogens is 254 g/mol. The lowest BCUT2D eigenvalue weighted by Gasteiger charge is -2.33. The van der Waals surface area contributed by atoms with Crippen LogP contribution in [-0.2, 0) is 14.4 Å². The largest absolute Gasteiger partial charge is 0.299 e. The van der Waals surface area contributed by atoms with Gasteiger partial charge in [0, 0.05) is 30.2 Å². The van der Waals surface area contributed by atoms with Gasteiger partial charge in [0.1, 0.15) is 5.78 Å². The number of amides is 2. The number of nitrogens with zero attached hydrogens (tertiary/aromatic N) is 1. The van der Waals surface area contributed by atoms with E-state index in [9.17, 15) is 14.4 Å². The molecule has 1 saturated carbocycles. The molecule has 1 aliphatic heterocycles. The molecule has 1 saturated heterocycles. The second-order valence-corrected chi connectivity index (χ2v) is 6.42. The van der Waals surface area contributed by atoms with E-state index in [-0.39, 0.29) is 35.6 Å². The number of carbonyl (C=O) groups is 3. The zero-order valence-corrected chi connectivity index (χ0v) is 12.7. The highest BCUT2D eigenvalue weighted by atomic mass is 16.2. The second-order valence-electron chi connectivity index (χ2n) is 6.42. The maximum absolute atomic E-state index is 12.2. The summed E-state index contributed by atoms with van der Waals surface area (Å²) < 4.78 is 0. The summed E-state index contributed by atoms with van der Waals surface area (Å²) in [5.41, 5.74) is 0. The van der Waals surface area contributed by atoms with E-state index >= 15 is 0 Å². The molecule has 0 aromatic rings. The van der Waals surface area contributed by atoms with Crippen molar-refractivity contribution in [2.75, 3.05) is 0 Å². The molecule has 2 fully saturated rings. The first-order valence-corrected chi connectivity index (χ1v) is 7.85. The number of hydrogen-bond donors (Lipinski definition) is 0. The van der Waals surface area contributed by atoms with Gasteiger partial charge in [0.05, 0.1) is 0 Å². The van der Waals surface area contributed by atoms with E-state index in [1.54, 1.807) is 0 Å². The molecule has 4 heteroatoms. The molecule has 112 valence electrons. The van der Waals surface area contributed by atoms with E-state index in [1.165, 1.54) is 4.90 Å². The first-order chi connectivity index (χ1) is 9.45. The molecule has 0 N–H and O–H groups in total. The predicted octanol–water partition coefficient (Wildman–Crippen LogP) is 2.56. The minimum absolute atomic E-state index is 0.0216. The van der Waals surface area contributed by atoms with Crippen molar-refractivity contribution in [2.45, 2.75) is 65.3 Å². The number of likely N-dealkylation sites (tertiary alicyclic amines) is 1. The van der Waals surface area contributed by atoms with Crippen LogP contribution >= 0.6 is 0 Å². The highest BCUT2D eigenvalue weighted by Crippen LogP contribution is 2.33. The van der Waals surface area contributed by atoms with Crippen LogP contribution in [0.1, 0.15) is 59.3 Å². The Hall–Kier alpha value is -1.19. The number of carbonyl (C=O) groups excluding carboxylic acids is 3. The summed E-state index contributed by atoms with van der Waals surface area (Å²) in [7, 11) is 0. The summed E-state index contributed by atoms with van der Waals surface area (Å²) in [4.78, 5) is 37.6. The Labute approximate surface area is 120 Å². The van der Waals surface area contributed by atoms with Crippen LogP contribution in [-0.4, -0.2) is 28.5 Å². The van der Waals surface area contributed by atoms with Crippen molar-refractivity contribution in [2.24, 2.45) is 17.8 Å². The number of imide groups is 1. The van der Waals surface area contributed by atoms with Crippen LogP contribution < -0.4 is 0 Å². The molecule has 0 radical (unpaired) electrons. The summed E-state index contributed by atoms with van der Waals surface area (Å²) >= 11 is 0. The van der Waals surface area contributed by atoms with E-state index in [0.717, 1.165) is 32.1 Å². The first kappa shape index (κ1) is 15.2. The summed E-state index contributed by atoms with van der Waals surface area (Å²) in [6, 6.07) is 0.0286. The van der Waals surface area contributed by atoms with Crippen molar-refractivity contribution in [3.8, 4) is 0 Å². The molecule has 0 spiro atoms. The van der Waals surface area contributed by atoms with Gasteiger partial charge in [0.2, 0.25) is 11.8 Å². The third-order valence-electron chi connectivity index (χ3n) is 4.97. The zero-order valence-electron chi connectivity index (χ0n) is 12.7. The molecule has 20 heavy (non-hydrogen) atoms. The molecule has 0 aromatic carbocycles. The molecule has 2 rings (SSSR count). The van der Waals surface area contributed by atoms with Gasteiger partial charge in [-0.3, -0.25) is 19.3 Å². The van der Waals surface area contributed by atoms with E-state index < -0.39 is 0 Å². The summed E-state index contributed by atoms with van der Waals surface area (Å²) in [5.74, 6) is 0.407. The van der Waals surface area contributed by atoms with Gasteiger partial charge in [-0.2, -0.15) is 0 Å². The SMILES string of the molecule is CCC(C)C(=O)C1CCC(N2C(=O)CC(C)C2=O)CC1. The van der Waals surface area contributed by atoms with Crippen LogP contribution in [0.15, 0.2) is 0 Å². The average Bonchev–Trinajstić information content (AvgIpc) is 2.71. The Bertz CT molecular complexity index is 410. The molecule has 1 aliphatic carbocycles. The molecule has 2 amide bonds.